The van der Waals surface area contributed by atoms with Crippen LogP contribution in [-0.2, 0) is 10.8 Å². The third-order valence-corrected chi connectivity index (χ3v) is 7.03. The molecule has 0 saturated carbocycles. The van der Waals surface area contributed by atoms with Crippen molar-refractivity contribution < 1.29 is 9.00 Å². The molecule has 108 valence electrons. The maximum absolute atomic E-state index is 12.9. The molecule has 2 saturated heterocycles. The molecule has 0 N–H and O–H groups in total. The molecule has 2 unspecified atom stereocenters. The molecule has 0 aromatic heterocycles. The fourth-order valence-corrected chi connectivity index (χ4v) is 6.14. The Bertz CT molecular complexity index is 552. The molecule has 2 fully saturated rings. The SMILES string of the molecule is Cc1cc(C)c(C(=O)C2CC3CCC(C2)S3=O)c(C)c1. The van der Waals surface area contributed by atoms with Gasteiger partial charge in [-0.15, -0.1) is 0 Å². The highest BCUT2D eigenvalue weighted by Gasteiger charge is 2.43. The number of Topliss-reactive ketones (excluding diaryl/α,β-unsaturated/α-hetero) is 1. The van der Waals surface area contributed by atoms with Gasteiger partial charge in [0.1, 0.15) is 0 Å². The van der Waals surface area contributed by atoms with Crippen LogP contribution in [0.5, 0.6) is 0 Å². The number of hydrogen-bond donors (Lipinski definition) is 0. The maximum atomic E-state index is 12.9. The quantitative estimate of drug-likeness (QED) is 0.781. The molecule has 1 aromatic carbocycles. The van der Waals surface area contributed by atoms with Gasteiger partial charge < -0.3 is 0 Å². The van der Waals surface area contributed by atoms with Crippen molar-refractivity contribution in [3.8, 4) is 0 Å². The predicted octanol–water partition coefficient (Wildman–Crippen LogP) is 3.48. The van der Waals surface area contributed by atoms with E-state index in [1.54, 1.807) is 0 Å². The summed E-state index contributed by atoms with van der Waals surface area (Å²) in [6, 6.07) is 4.19. The van der Waals surface area contributed by atoms with Gasteiger partial charge in [0.05, 0.1) is 0 Å². The summed E-state index contributed by atoms with van der Waals surface area (Å²) in [6.45, 7) is 6.13. The second-order valence-electron chi connectivity index (χ2n) is 6.46. The topological polar surface area (TPSA) is 34.1 Å². The molecule has 20 heavy (non-hydrogen) atoms. The molecule has 2 aliphatic heterocycles. The van der Waals surface area contributed by atoms with E-state index in [1.807, 2.05) is 13.8 Å². The Balaban J connectivity index is 1.89. The van der Waals surface area contributed by atoms with Crippen molar-refractivity contribution in [2.45, 2.75) is 57.0 Å². The minimum atomic E-state index is -0.679. The van der Waals surface area contributed by atoms with E-state index in [-0.39, 0.29) is 22.2 Å². The van der Waals surface area contributed by atoms with Gasteiger partial charge in [-0.2, -0.15) is 0 Å². The van der Waals surface area contributed by atoms with Gasteiger partial charge in [0, 0.05) is 32.8 Å². The van der Waals surface area contributed by atoms with E-state index >= 15 is 0 Å². The van der Waals surface area contributed by atoms with E-state index in [0.717, 1.165) is 42.4 Å². The van der Waals surface area contributed by atoms with Gasteiger partial charge in [-0.25, -0.2) is 0 Å². The molecule has 1 aromatic rings. The molecule has 0 spiro atoms. The number of ketones is 1. The Hall–Kier alpha value is -0.960. The summed E-state index contributed by atoms with van der Waals surface area (Å²) in [5.74, 6) is 0.374. The highest BCUT2D eigenvalue weighted by atomic mass is 32.2. The van der Waals surface area contributed by atoms with Crippen molar-refractivity contribution in [2.24, 2.45) is 5.92 Å². The number of carbonyl (C=O) groups excluding carboxylic acids is 1. The zero-order valence-corrected chi connectivity index (χ0v) is 13.3. The van der Waals surface area contributed by atoms with Crippen LogP contribution in [0.4, 0.5) is 0 Å². The molecule has 2 nitrogen and oxygen atoms in total. The molecular formula is C17H22O2S. The van der Waals surface area contributed by atoms with Gasteiger partial charge in [0.15, 0.2) is 5.78 Å². The zero-order chi connectivity index (χ0) is 14.4. The molecule has 0 amide bonds. The van der Waals surface area contributed by atoms with Gasteiger partial charge in [0.25, 0.3) is 0 Å². The minimum Gasteiger partial charge on any atom is -0.294 e. The Kier molecular flexibility index (Phi) is 3.57. The smallest absolute Gasteiger partial charge is 0.166 e. The number of benzene rings is 1. The van der Waals surface area contributed by atoms with Crippen LogP contribution in [0.1, 0.15) is 52.7 Å². The average Bonchev–Trinajstić information content (AvgIpc) is 2.61. The first-order chi connectivity index (χ1) is 9.47. The van der Waals surface area contributed by atoms with E-state index < -0.39 is 10.8 Å². The lowest BCUT2D eigenvalue weighted by Gasteiger charge is -2.27. The van der Waals surface area contributed by atoms with Crippen LogP contribution in [0.25, 0.3) is 0 Å². The third kappa shape index (κ3) is 2.26. The number of hydrogen-bond acceptors (Lipinski definition) is 2. The second-order valence-corrected chi connectivity index (χ2v) is 8.45. The van der Waals surface area contributed by atoms with Crippen LogP contribution in [0.15, 0.2) is 12.1 Å². The maximum Gasteiger partial charge on any atom is 0.166 e. The summed E-state index contributed by atoms with van der Waals surface area (Å²) in [5, 5.41) is 0.544. The predicted molar refractivity (Wildman–Crippen MR) is 82.7 cm³/mol. The van der Waals surface area contributed by atoms with Crippen LogP contribution >= 0.6 is 0 Å². The molecule has 3 heteroatoms. The van der Waals surface area contributed by atoms with Gasteiger partial charge in [-0.05, 0) is 57.6 Å². The van der Waals surface area contributed by atoms with E-state index in [1.165, 1.54) is 5.56 Å². The number of carbonyl (C=O) groups is 1. The minimum absolute atomic E-state index is 0.0882. The monoisotopic (exact) mass is 290 g/mol. The summed E-state index contributed by atoms with van der Waals surface area (Å²) in [5.41, 5.74) is 4.30. The molecule has 2 atom stereocenters. The fraction of sp³-hybridized carbons (Fsp3) is 0.588. The van der Waals surface area contributed by atoms with Crippen molar-refractivity contribution in [3.63, 3.8) is 0 Å². The van der Waals surface area contributed by atoms with Crippen LogP contribution in [0, 0.1) is 26.7 Å². The Morgan fingerprint density at radius 2 is 1.55 bits per heavy atom. The molecule has 3 rings (SSSR count). The van der Waals surface area contributed by atoms with Gasteiger partial charge >= 0.3 is 0 Å². The molecule has 0 aliphatic carbocycles. The van der Waals surface area contributed by atoms with Gasteiger partial charge in [-0.3, -0.25) is 9.00 Å². The van der Waals surface area contributed by atoms with Gasteiger partial charge in [-0.1, -0.05) is 17.7 Å². The van der Waals surface area contributed by atoms with E-state index in [4.69, 9.17) is 0 Å². The number of rotatable bonds is 2. The summed E-state index contributed by atoms with van der Waals surface area (Å²) in [6.07, 6.45) is 3.75. The fourth-order valence-electron chi connectivity index (χ4n) is 4.02. The molecule has 0 radical (unpaired) electrons. The van der Waals surface area contributed by atoms with Gasteiger partial charge in [0.2, 0.25) is 0 Å². The lowest BCUT2D eigenvalue weighted by molar-refractivity contribution is 0.0905. The zero-order valence-electron chi connectivity index (χ0n) is 12.4. The molecule has 2 heterocycles. The standard InChI is InChI=1S/C17H22O2S/c1-10-6-11(2)16(12(3)7-10)17(18)13-8-14-4-5-15(9-13)20(14)19/h6-7,13-15H,4-5,8-9H2,1-3H3. The Morgan fingerprint density at radius 3 is 2.05 bits per heavy atom. The van der Waals surface area contributed by atoms with Crippen molar-refractivity contribution in [1.82, 2.24) is 0 Å². The Labute approximate surface area is 123 Å². The largest absolute Gasteiger partial charge is 0.294 e. The first kappa shape index (κ1) is 14.0. The van der Waals surface area contributed by atoms with Crippen molar-refractivity contribution >= 4 is 16.6 Å². The van der Waals surface area contributed by atoms with Crippen molar-refractivity contribution in [3.05, 3.63) is 34.4 Å². The van der Waals surface area contributed by atoms with Crippen LogP contribution in [-0.4, -0.2) is 20.5 Å². The molecular weight excluding hydrogens is 268 g/mol. The second kappa shape index (κ2) is 5.10. The first-order valence-electron chi connectivity index (χ1n) is 7.49. The summed E-state index contributed by atoms with van der Waals surface area (Å²) >= 11 is 0. The molecule has 2 bridgehead atoms. The number of fused-ring (bicyclic) bond motifs is 2. The van der Waals surface area contributed by atoms with E-state index in [2.05, 4.69) is 19.1 Å². The third-order valence-electron chi connectivity index (χ3n) is 4.86. The van der Waals surface area contributed by atoms with Crippen LogP contribution < -0.4 is 0 Å². The molecule has 2 aliphatic rings. The Morgan fingerprint density at radius 1 is 1.05 bits per heavy atom. The first-order valence-corrected chi connectivity index (χ1v) is 8.76. The summed E-state index contributed by atoms with van der Waals surface area (Å²) < 4.78 is 12.1. The lowest BCUT2D eigenvalue weighted by atomic mass is 9.86. The normalized spacial score (nSPS) is 32.4. The highest BCUT2D eigenvalue weighted by molar-refractivity contribution is 7.86. The van der Waals surface area contributed by atoms with Crippen molar-refractivity contribution in [2.75, 3.05) is 0 Å². The van der Waals surface area contributed by atoms with E-state index in [0.29, 0.717) is 0 Å². The van der Waals surface area contributed by atoms with Crippen LogP contribution in [0.3, 0.4) is 0 Å². The van der Waals surface area contributed by atoms with E-state index in [9.17, 15) is 9.00 Å². The lowest BCUT2D eigenvalue weighted by Crippen LogP contribution is -2.32. The average molecular weight is 290 g/mol. The van der Waals surface area contributed by atoms with Crippen molar-refractivity contribution in [1.29, 1.82) is 0 Å². The van der Waals surface area contributed by atoms with Crippen LogP contribution in [0.2, 0.25) is 0 Å². The summed E-state index contributed by atoms with van der Waals surface area (Å²) in [7, 11) is -0.679. The highest BCUT2D eigenvalue weighted by Crippen LogP contribution is 2.40. The summed E-state index contributed by atoms with van der Waals surface area (Å²) in [4.78, 5) is 12.9. The number of aryl methyl sites for hydroxylation is 3.